The van der Waals surface area contributed by atoms with Crippen LogP contribution < -0.4 is 21.5 Å². The van der Waals surface area contributed by atoms with E-state index in [0.29, 0.717) is 16.8 Å². The summed E-state index contributed by atoms with van der Waals surface area (Å²) in [6.07, 6.45) is 0.187. The highest BCUT2D eigenvalue weighted by Gasteiger charge is 2.31. The van der Waals surface area contributed by atoms with E-state index in [0.717, 1.165) is 12.0 Å². The summed E-state index contributed by atoms with van der Waals surface area (Å²) in [5, 5.41) is 3.38. The van der Waals surface area contributed by atoms with E-state index in [1.807, 2.05) is 4.90 Å². The molecule has 126 valence electrons. The highest BCUT2D eigenvalue weighted by atomic mass is 19.1. The van der Waals surface area contributed by atoms with Gasteiger partial charge < -0.3 is 20.9 Å². The Kier molecular flexibility index (Phi) is 3.24. The number of aromatic nitrogens is 1. The molecule has 0 bridgehead atoms. The molecule has 2 aromatic carbocycles. The average Bonchev–Trinajstić information content (AvgIpc) is 2.90. The zero-order valence-electron chi connectivity index (χ0n) is 13.3. The van der Waals surface area contributed by atoms with Crippen molar-refractivity contribution >= 4 is 34.3 Å². The number of hydrogen-bond acceptors (Lipinski definition) is 5. The molecule has 0 fully saturated rings. The van der Waals surface area contributed by atoms with Gasteiger partial charge in [0.1, 0.15) is 18.3 Å². The van der Waals surface area contributed by atoms with Crippen molar-refractivity contribution in [2.24, 2.45) is 0 Å². The fraction of sp³-hybridized carbons (Fsp3) is 0.111. The molecule has 0 saturated carbocycles. The molecule has 1 atom stereocenters. The standard InChI is InChI=1S/C18H15FN4O2/c1-23-13-6-5-9(8-24)7-12(13)21-17(23)15-16(20)14-10(19)3-2-4-11(14)22-18(15)25/h2-8,17,21H,1H3,(H3,20,22,25). The Morgan fingerprint density at radius 3 is 2.84 bits per heavy atom. The third kappa shape index (κ3) is 2.16. The SMILES string of the molecule is CN1c2ccc(C=O)cc2NC1c1c(N)c2c(F)cccc2[nH]c1=O. The van der Waals surface area contributed by atoms with Gasteiger partial charge in [-0.05, 0) is 30.3 Å². The number of nitrogen functional groups attached to an aromatic ring is 1. The number of nitrogens with two attached hydrogens (primary N) is 1. The van der Waals surface area contributed by atoms with Crippen LogP contribution in [0.15, 0.2) is 41.2 Å². The largest absolute Gasteiger partial charge is 0.398 e. The predicted octanol–water partition coefficient (Wildman–Crippen LogP) is 2.62. The lowest BCUT2D eigenvalue weighted by Crippen LogP contribution is -2.31. The van der Waals surface area contributed by atoms with Gasteiger partial charge in [0.15, 0.2) is 0 Å². The van der Waals surface area contributed by atoms with Crippen molar-refractivity contribution < 1.29 is 9.18 Å². The smallest absolute Gasteiger partial charge is 0.257 e. The van der Waals surface area contributed by atoms with E-state index >= 15 is 0 Å². The van der Waals surface area contributed by atoms with Crippen LogP contribution in [0.2, 0.25) is 0 Å². The lowest BCUT2D eigenvalue weighted by Gasteiger charge is -2.23. The van der Waals surface area contributed by atoms with Crippen molar-refractivity contribution in [3.8, 4) is 0 Å². The van der Waals surface area contributed by atoms with E-state index < -0.39 is 12.0 Å². The second-order valence-corrected chi connectivity index (χ2v) is 6.00. The topological polar surface area (TPSA) is 91.2 Å². The summed E-state index contributed by atoms with van der Waals surface area (Å²) in [5.74, 6) is -0.492. The van der Waals surface area contributed by atoms with Crippen LogP contribution in [0.1, 0.15) is 22.1 Å². The quantitative estimate of drug-likeness (QED) is 0.625. The summed E-state index contributed by atoms with van der Waals surface area (Å²) in [6.45, 7) is 0. The van der Waals surface area contributed by atoms with Gasteiger partial charge >= 0.3 is 0 Å². The van der Waals surface area contributed by atoms with Crippen LogP contribution in [0.25, 0.3) is 10.9 Å². The second-order valence-electron chi connectivity index (χ2n) is 6.00. The molecule has 0 radical (unpaired) electrons. The predicted molar refractivity (Wildman–Crippen MR) is 95.5 cm³/mol. The fourth-order valence-corrected chi connectivity index (χ4v) is 3.32. The molecular formula is C18H15FN4O2. The van der Waals surface area contributed by atoms with Crippen molar-refractivity contribution in [2.45, 2.75) is 6.17 Å². The molecule has 0 amide bonds. The Labute approximate surface area is 142 Å². The first-order valence-corrected chi connectivity index (χ1v) is 7.69. The Hall–Kier alpha value is -3.35. The van der Waals surface area contributed by atoms with Crippen LogP contribution >= 0.6 is 0 Å². The molecule has 0 spiro atoms. The molecule has 2 heterocycles. The molecule has 0 aliphatic carbocycles. The van der Waals surface area contributed by atoms with E-state index in [-0.39, 0.29) is 22.2 Å². The summed E-state index contributed by atoms with van der Waals surface area (Å²) in [6, 6.07) is 9.61. The zero-order chi connectivity index (χ0) is 17.7. The van der Waals surface area contributed by atoms with Gasteiger partial charge in [-0.15, -0.1) is 0 Å². The minimum Gasteiger partial charge on any atom is -0.398 e. The number of rotatable bonds is 2. The van der Waals surface area contributed by atoms with Crippen LogP contribution in [0.3, 0.4) is 0 Å². The summed E-state index contributed by atoms with van der Waals surface area (Å²) in [5.41, 5.74) is 8.54. The molecule has 7 heteroatoms. The molecule has 1 unspecified atom stereocenters. The van der Waals surface area contributed by atoms with Crippen molar-refractivity contribution in [3.05, 3.63) is 63.7 Å². The number of hydrogen-bond donors (Lipinski definition) is 3. The molecular weight excluding hydrogens is 323 g/mol. The molecule has 4 N–H and O–H groups in total. The Morgan fingerprint density at radius 1 is 1.28 bits per heavy atom. The number of halogens is 1. The van der Waals surface area contributed by atoms with E-state index in [4.69, 9.17) is 5.73 Å². The van der Waals surface area contributed by atoms with Gasteiger partial charge in [0.25, 0.3) is 5.56 Å². The minimum atomic E-state index is -0.565. The van der Waals surface area contributed by atoms with Crippen LogP contribution in [0.4, 0.5) is 21.5 Å². The van der Waals surface area contributed by atoms with Gasteiger partial charge in [-0.2, -0.15) is 0 Å². The normalized spacial score (nSPS) is 15.9. The van der Waals surface area contributed by atoms with Crippen LogP contribution in [0.5, 0.6) is 0 Å². The number of nitrogens with one attached hydrogen (secondary N) is 2. The van der Waals surface area contributed by atoms with Gasteiger partial charge in [-0.25, -0.2) is 4.39 Å². The number of nitrogens with zero attached hydrogens (tertiary/aromatic N) is 1. The van der Waals surface area contributed by atoms with E-state index in [1.165, 1.54) is 12.1 Å². The van der Waals surface area contributed by atoms with E-state index in [9.17, 15) is 14.0 Å². The number of benzene rings is 2. The maximum Gasteiger partial charge on any atom is 0.257 e. The number of anilines is 3. The number of aromatic amines is 1. The number of fused-ring (bicyclic) bond motifs is 2. The lowest BCUT2D eigenvalue weighted by molar-refractivity contribution is 0.112. The van der Waals surface area contributed by atoms with Gasteiger partial charge in [0.05, 0.1) is 33.5 Å². The van der Waals surface area contributed by atoms with Crippen LogP contribution in [0, 0.1) is 5.82 Å². The summed E-state index contributed by atoms with van der Waals surface area (Å²) >= 11 is 0. The zero-order valence-corrected chi connectivity index (χ0v) is 13.3. The van der Waals surface area contributed by atoms with Gasteiger partial charge in [-0.1, -0.05) is 6.07 Å². The summed E-state index contributed by atoms with van der Waals surface area (Å²) in [4.78, 5) is 28.1. The van der Waals surface area contributed by atoms with Gasteiger partial charge in [-0.3, -0.25) is 9.59 Å². The highest BCUT2D eigenvalue weighted by Crippen LogP contribution is 2.41. The first-order chi connectivity index (χ1) is 12.0. The molecule has 3 aromatic rings. The first-order valence-electron chi connectivity index (χ1n) is 7.69. The van der Waals surface area contributed by atoms with Crippen molar-refractivity contribution in [1.82, 2.24) is 4.98 Å². The minimum absolute atomic E-state index is 0.101. The van der Waals surface area contributed by atoms with Crippen LogP contribution in [-0.4, -0.2) is 18.3 Å². The monoisotopic (exact) mass is 338 g/mol. The first kappa shape index (κ1) is 15.2. The van der Waals surface area contributed by atoms with E-state index in [1.54, 1.807) is 31.3 Å². The van der Waals surface area contributed by atoms with Crippen molar-refractivity contribution in [1.29, 1.82) is 0 Å². The maximum atomic E-state index is 14.2. The molecule has 0 saturated heterocycles. The molecule has 1 aliphatic rings. The second kappa shape index (κ2) is 5.34. The number of pyridine rings is 1. The molecule has 6 nitrogen and oxygen atoms in total. The Balaban J connectivity index is 1.90. The third-order valence-corrected chi connectivity index (χ3v) is 4.56. The fourth-order valence-electron chi connectivity index (χ4n) is 3.32. The van der Waals surface area contributed by atoms with Gasteiger partial charge in [0.2, 0.25) is 0 Å². The molecule has 1 aromatic heterocycles. The summed E-state index contributed by atoms with van der Waals surface area (Å²) in [7, 11) is 1.80. The van der Waals surface area contributed by atoms with Crippen molar-refractivity contribution in [2.75, 3.05) is 23.0 Å². The molecule has 25 heavy (non-hydrogen) atoms. The van der Waals surface area contributed by atoms with Gasteiger partial charge in [0, 0.05) is 12.6 Å². The average molecular weight is 338 g/mol. The lowest BCUT2D eigenvalue weighted by atomic mass is 10.1. The number of aldehydes is 1. The number of carbonyl (C=O) groups is 1. The molecule has 4 rings (SSSR count). The Morgan fingerprint density at radius 2 is 2.08 bits per heavy atom. The maximum absolute atomic E-state index is 14.2. The Bertz CT molecular complexity index is 1080. The van der Waals surface area contributed by atoms with E-state index in [2.05, 4.69) is 10.3 Å². The third-order valence-electron chi connectivity index (χ3n) is 4.56. The highest BCUT2D eigenvalue weighted by molar-refractivity contribution is 5.93. The number of carbonyl (C=O) groups excluding carboxylic acids is 1. The number of H-pyrrole nitrogens is 1. The molecule has 1 aliphatic heterocycles. The van der Waals surface area contributed by atoms with Crippen molar-refractivity contribution in [3.63, 3.8) is 0 Å². The summed E-state index contributed by atoms with van der Waals surface area (Å²) < 4.78 is 14.2. The van der Waals surface area contributed by atoms with Crippen LogP contribution in [-0.2, 0) is 0 Å².